The first-order chi connectivity index (χ1) is 10.6. The highest BCUT2D eigenvalue weighted by atomic mass is 16.6. The van der Waals surface area contributed by atoms with Crippen molar-refractivity contribution in [2.75, 3.05) is 19.7 Å². The predicted molar refractivity (Wildman–Crippen MR) is 89.0 cm³/mol. The summed E-state index contributed by atoms with van der Waals surface area (Å²) in [5.74, 6) is 0. The van der Waals surface area contributed by atoms with E-state index in [1.807, 2.05) is 13.8 Å². The molecule has 0 saturated carbocycles. The molecule has 1 atom stereocenters. The standard InChI is InChI=1S/C14H26N2O5.C2H6/c1-11(16(19)20)14(7-10-17)5-8-15(9-6-14)12(18)21-13(2,3)4;1-2/h11,17H,5-10H2,1-4H3;1-2H3. The van der Waals surface area contributed by atoms with E-state index in [1.165, 1.54) is 0 Å². The fourth-order valence-corrected chi connectivity index (χ4v) is 2.78. The monoisotopic (exact) mass is 332 g/mol. The van der Waals surface area contributed by atoms with Crippen molar-refractivity contribution in [3.63, 3.8) is 0 Å². The van der Waals surface area contributed by atoms with Gasteiger partial charge in [-0.05, 0) is 40.0 Å². The molecule has 1 fully saturated rings. The molecule has 1 aliphatic heterocycles. The Hall–Kier alpha value is -1.37. The quantitative estimate of drug-likeness (QED) is 0.631. The van der Waals surface area contributed by atoms with Crippen LogP contribution in [0.4, 0.5) is 4.79 Å². The van der Waals surface area contributed by atoms with Gasteiger partial charge in [0.2, 0.25) is 6.04 Å². The molecule has 0 aromatic rings. The lowest BCUT2D eigenvalue weighted by Crippen LogP contribution is -2.50. The van der Waals surface area contributed by atoms with E-state index in [1.54, 1.807) is 32.6 Å². The average molecular weight is 332 g/mol. The van der Waals surface area contributed by atoms with Gasteiger partial charge in [-0.15, -0.1) is 0 Å². The Morgan fingerprint density at radius 2 is 1.83 bits per heavy atom. The van der Waals surface area contributed by atoms with Crippen LogP contribution in [0.1, 0.15) is 60.8 Å². The van der Waals surface area contributed by atoms with E-state index < -0.39 is 17.1 Å². The molecule has 1 N–H and O–H groups in total. The van der Waals surface area contributed by atoms with Crippen LogP contribution in [-0.4, -0.2) is 52.4 Å². The molecule has 1 saturated heterocycles. The molecule has 1 amide bonds. The lowest BCUT2D eigenvalue weighted by molar-refractivity contribution is -0.540. The third kappa shape index (κ3) is 6.33. The summed E-state index contributed by atoms with van der Waals surface area (Å²) in [5, 5.41) is 20.3. The molecule has 0 bridgehead atoms. The van der Waals surface area contributed by atoms with Crippen molar-refractivity contribution in [2.24, 2.45) is 5.41 Å². The molecular weight excluding hydrogens is 300 g/mol. The summed E-state index contributed by atoms with van der Waals surface area (Å²) in [6, 6.07) is -0.731. The lowest BCUT2D eigenvalue weighted by Gasteiger charge is -2.41. The van der Waals surface area contributed by atoms with Crippen LogP contribution < -0.4 is 0 Å². The van der Waals surface area contributed by atoms with Gasteiger partial charge in [0.05, 0.1) is 0 Å². The molecule has 23 heavy (non-hydrogen) atoms. The van der Waals surface area contributed by atoms with Gasteiger partial charge in [0.25, 0.3) is 0 Å². The first-order valence-electron chi connectivity index (χ1n) is 8.33. The number of hydrogen-bond acceptors (Lipinski definition) is 5. The van der Waals surface area contributed by atoms with Crippen molar-refractivity contribution in [2.45, 2.75) is 72.4 Å². The number of aliphatic hydroxyl groups is 1. The van der Waals surface area contributed by atoms with Gasteiger partial charge < -0.3 is 14.7 Å². The highest BCUT2D eigenvalue weighted by molar-refractivity contribution is 5.68. The average Bonchev–Trinajstić information content (AvgIpc) is 2.47. The molecule has 1 rings (SSSR count). The molecule has 7 heteroatoms. The molecule has 1 aliphatic rings. The number of piperidine rings is 1. The maximum atomic E-state index is 12.0. The summed E-state index contributed by atoms with van der Waals surface area (Å²) in [5.41, 5.74) is -1.10. The summed E-state index contributed by atoms with van der Waals surface area (Å²) < 4.78 is 5.32. The Bertz CT molecular complexity index is 384. The molecule has 1 heterocycles. The number of carbonyl (C=O) groups is 1. The van der Waals surface area contributed by atoms with Crippen molar-refractivity contribution in [3.8, 4) is 0 Å². The minimum absolute atomic E-state index is 0.0788. The highest BCUT2D eigenvalue weighted by Crippen LogP contribution is 2.39. The lowest BCUT2D eigenvalue weighted by atomic mass is 9.71. The molecule has 0 aliphatic carbocycles. The van der Waals surface area contributed by atoms with Crippen LogP contribution in [0.2, 0.25) is 0 Å². The minimum Gasteiger partial charge on any atom is -0.444 e. The zero-order chi connectivity index (χ0) is 18.3. The fourth-order valence-electron chi connectivity index (χ4n) is 2.78. The second-order valence-corrected chi connectivity index (χ2v) is 6.76. The number of rotatable bonds is 4. The second-order valence-electron chi connectivity index (χ2n) is 6.76. The molecule has 0 spiro atoms. The Labute approximate surface area is 139 Å². The van der Waals surface area contributed by atoms with Crippen LogP contribution in [0.3, 0.4) is 0 Å². The predicted octanol–water partition coefficient (Wildman–Crippen LogP) is 3.08. The smallest absolute Gasteiger partial charge is 0.410 e. The maximum absolute atomic E-state index is 12.0. The Balaban J connectivity index is 0.00000232. The van der Waals surface area contributed by atoms with Crippen molar-refractivity contribution in [1.29, 1.82) is 0 Å². The summed E-state index contributed by atoms with van der Waals surface area (Å²) >= 11 is 0. The van der Waals surface area contributed by atoms with E-state index in [-0.39, 0.29) is 17.6 Å². The van der Waals surface area contributed by atoms with Gasteiger partial charge in [-0.25, -0.2) is 4.79 Å². The van der Waals surface area contributed by atoms with Gasteiger partial charge in [0, 0.05) is 37.0 Å². The number of hydrogen-bond donors (Lipinski definition) is 1. The van der Waals surface area contributed by atoms with Crippen LogP contribution in [0.25, 0.3) is 0 Å². The number of nitrogens with zero attached hydrogens (tertiary/aromatic N) is 2. The van der Waals surface area contributed by atoms with Gasteiger partial charge in [-0.2, -0.15) is 0 Å². The molecule has 7 nitrogen and oxygen atoms in total. The highest BCUT2D eigenvalue weighted by Gasteiger charge is 2.46. The number of ether oxygens (including phenoxy) is 1. The van der Waals surface area contributed by atoms with Crippen molar-refractivity contribution in [1.82, 2.24) is 4.90 Å². The fraction of sp³-hybridized carbons (Fsp3) is 0.938. The number of carbonyl (C=O) groups excluding carboxylic acids is 1. The van der Waals surface area contributed by atoms with Gasteiger partial charge in [0.15, 0.2) is 0 Å². The first-order valence-corrected chi connectivity index (χ1v) is 8.33. The molecular formula is C16H32N2O5. The Morgan fingerprint density at radius 3 is 2.17 bits per heavy atom. The Morgan fingerprint density at radius 1 is 1.35 bits per heavy atom. The van der Waals surface area contributed by atoms with E-state index in [2.05, 4.69) is 0 Å². The second kappa shape index (κ2) is 9.05. The van der Waals surface area contributed by atoms with E-state index in [4.69, 9.17) is 4.74 Å². The maximum Gasteiger partial charge on any atom is 0.410 e. The third-order valence-corrected chi connectivity index (χ3v) is 4.22. The van der Waals surface area contributed by atoms with Crippen LogP contribution in [-0.2, 0) is 4.74 Å². The van der Waals surface area contributed by atoms with Crippen molar-refractivity contribution >= 4 is 6.09 Å². The van der Waals surface area contributed by atoms with E-state index >= 15 is 0 Å². The van der Waals surface area contributed by atoms with E-state index in [0.29, 0.717) is 32.4 Å². The first kappa shape index (κ1) is 21.6. The molecule has 0 radical (unpaired) electrons. The van der Waals surface area contributed by atoms with E-state index in [9.17, 15) is 20.0 Å². The molecule has 136 valence electrons. The summed E-state index contributed by atoms with van der Waals surface area (Å²) in [7, 11) is 0. The largest absolute Gasteiger partial charge is 0.444 e. The molecule has 0 aromatic heterocycles. The van der Waals surface area contributed by atoms with Crippen molar-refractivity contribution in [3.05, 3.63) is 10.1 Å². The zero-order valence-electron chi connectivity index (χ0n) is 15.3. The van der Waals surface area contributed by atoms with Crippen LogP contribution in [0.15, 0.2) is 0 Å². The number of aliphatic hydroxyl groups excluding tert-OH is 1. The SMILES string of the molecule is CC.CC([N+](=O)[O-])C1(CCO)CCN(C(=O)OC(C)(C)C)CC1. The summed E-state index contributed by atoms with van der Waals surface area (Å²) in [4.78, 5) is 24.4. The number of likely N-dealkylation sites (tertiary alicyclic amines) is 1. The third-order valence-electron chi connectivity index (χ3n) is 4.22. The van der Waals surface area contributed by atoms with Crippen LogP contribution >= 0.6 is 0 Å². The van der Waals surface area contributed by atoms with Gasteiger partial charge in [0.1, 0.15) is 5.60 Å². The zero-order valence-corrected chi connectivity index (χ0v) is 15.3. The molecule has 1 unspecified atom stereocenters. The van der Waals surface area contributed by atoms with Gasteiger partial charge in [-0.3, -0.25) is 10.1 Å². The van der Waals surface area contributed by atoms with Crippen molar-refractivity contribution < 1.29 is 19.6 Å². The number of amides is 1. The summed E-state index contributed by atoms with van der Waals surface area (Å²) in [6.45, 7) is 11.8. The van der Waals surface area contributed by atoms with Crippen LogP contribution in [0, 0.1) is 15.5 Å². The van der Waals surface area contributed by atoms with Crippen LogP contribution in [0.5, 0.6) is 0 Å². The summed E-state index contributed by atoms with van der Waals surface area (Å²) in [6.07, 6.45) is 1.02. The van der Waals surface area contributed by atoms with Gasteiger partial charge in [-0.1, -0.05) is 13.8 Å². The minimum atomic E-state index is -0.731. The normalized spacial score (nSPS) is 18.5. The molecule has 0 aromatic carbocycles. The van der Waals surface area contributed by atoms with Gasteiger partial charge >= 0.3 is 6.09 Å². The topological polar surface area (TPSA) is 92.9 Å². The van der Waals surface area contributed by atoms with E-state index in [0.717, 1.165) is 0 Å². The number of nitro groups is 1. The Kier molecular flexibility index (Phi) is 8.52.